The highest BCUT2D eigenvalue weighted by molar-refractivity contribution is 7.91. The lowest BCUT2D eigenvalue weighted by atomic mass is 9.82. The van der Waals surface area contributed by atoms with Crippen molar-refractivity contribution in [2.24, 2.45) is 11.7 Å². The predicted molar refractivity (Wildman–Crippen MR) is 63.9 cm³/mol. The van der Waals surface area contributed by atoms with Crippen molar-refractivity contribution in [2.45, 2.75) is 30.7 Å². The molecular formula is C12H17NO2S. The van der Waals surface area contributed by atoms with Gasteiger partial charge in [0.05, 0.1) is 10.6 Å². The van der Waals surface area contributed by atoms with Crippen LogP contribution in [0.25, 0.3) is 0 Å². The van der Waals surface area contributed by atoms with Crippen LogP contribution in [-0.2, 0) is 9.84 Å². The maximum absolute atomic E-state index is 12.1. The first kappa shape index (κ1) is 11.6. The quantitative estimate of drug-likeness (QED) is 0.869. The van der Waals surface area contributed by atoms with E-state index in [9.17, 15) is 8.42 Å². The first-order valence-corrected chi connectivity index (χ1v) is 7.17. The van der Waals surface area contributed by atoms with Crippen LogP contribution < -0.4 is 5.73 Å². The molecule has 0 aliphatic heterocycles. The molecule has 0 bridgehead atoms. The molecule has 0 saturated heterocycles. The van der Waals surface area contributed by atoms with Crippen LogP contribution in [0.5, 0.6) is 0 Å². The molecule has 88 valence electrons. The van der Waals surface area contributed by atoms with Crippen molar-refractivity contribution in [2.75, 3.05) is 5.75 Å². The first-order valence-electron chi connectivity index (χ1n) is 5.52. The molecule has 16 heavy (non-hydrogen) atoms. The minimum absolute atomic E-state index is 0.206. The summed E-state index contributed by atoms with van der Waals surface area (Å²) in [6, 6.07) is 7.29. The molecule has 0 amide bonds. The average Bonchev–Trinajstić information content (AvgIpc) is 2.15. The van der Waals surface area contributed by atoms with Gasteiger partial charge in [0, 0.05) is 6.04 Å². The zero-order valence-corrected chi connectivity index (χ0v) is 10.2. The minimum Gasteiger partial charge on any atom is -0.328 e. The van der Waals surface area contributed by atoms with Crippen molar-refractivity contribution >= 4 is 9.84 Å². The van der Waals surface area contributed by atoms with E-state index in [-0.39, 0.29) is 17.7 Å². The number of nitrogens with two attached hydrogens (primary N) is 1. The molecule has 1 aromatic carbocycles. The lowest BCUT2D eigenvalue weighted by Crippen LogP contribution is -2.39. The van der Waals surface area contributed by atoms with Gasteiger partial charge in [-0.05, 0) is 43.4 Å². The van der Waals surface area contributed by atoms with Gasteiger partial charge in [0.25, 0.3) is 0 Å². The van der Waals surface area contributed by atoms with E-state index in [2.05, 4.69) is 0 Å². The molecule has 1 aliphatic carbocycles. The Morgan fingerprint density at radius 2 is 2.06 bits per heavy atom. The van der Waals surface area contributed by atoms with Gasteiger partial charge in [-0.15, -0.1) is 0 Å². The normalized spacial score (nSPS) is 25.1. The lowest BCUT2D eigenvalue weighted by molar-refractivity contribution is 0.292. The summed E-state index contributed by atoms with van der Waals surface area (Å²) in [7, 11) is -3.12. The third-order valence-electron chi connectivity index (χ3n) is 3.08. The van der Waals surface area contributed by atoms with Gasteiger partial charge in [-0.2, -0.15) is 0 Å². The Kier molecular flexibility index (Phi) is 3.04. The molecule has 0 radical (unpaired) electrons. The molecule has 0 aromatic heterocycles. The molecule has 0 spiro atoms. The first-order chi connectivity index (χ1) is 7.47. The molecule has 1 aromatic rings. The van der Waals surface area contributed by atoms with Crippen molar-refractivity contribution in [1.82, 2.24) is 0 Å². The van der Waals surface area contributed by atoms with Crippen LogP contribution in [-0.4, -0.2) is 20.2 Å². The lowest BCUT2D eigenvalue weighted by Gasteiger charge is -2.32. The van der Waals surface area contributed by atoms with Gasteiger partial charge in [0.15, 0.2) is 9.84 Å². The maximum Gasteiger partial charge on any atom is 0.178 e. The molecule has 1 saturated carbocycles. The molecule has 2 N–H and O–H groups in total. The van der Waals surface area contributed by atoms with E-state index in [1.54, 1.807) is 18.2 Å². The van der Waals surface area contributed by atoms with Crippen molar-refractivity contribution in [3.8, 4) is 0 Å². The van der Waals surface area contributed by atoms with E-state index >= 15 is 0 Å². The molecule has 3 nitrogen and oxygen atoms in total. The standard InChI is InChI=1S/C12H17NO2S/c1-9-3-2-4-12(5-9)16(14,15)8-10-6-11(13)7-10/h2-5,10-11H,6-8,13H2,1H3/t10-,11-. The minimum atomic E-state index is -3.12. The van der Waals surface area contributed by atoms with Crippen LogP contribution in [0.15, 0.2) is 29.2 Å². The van der Waals surface area contributed by atoms with Gasteiger partial charge in [-0.1, -0.05) is 12.1 Å². The molecule has 1 aliphatic rings. The summed E-state index contributed by atoms with van der Waals surface area (Å²) in [4.78, 5) is 0.438. The van der Waals surface area contributed by atoms with Gasteiger partial charge in [0.2, 0.25) is 0 Å². The molecule has 0 atom stereocenters. The van der Waals surface area contributed by atoms with Gasteiger partial charge >= 0.3 is 0 Å². The molecular weight excluding hydrogens is 222 g/mol. The SMILES string of the molecule is Cc1cccc(S(=O)(=O)C[C@H]2C[C@H](N)C2)c1. The highest BCUT2D eigenvalue weighted by Crippen LogP contribution is 2.29. The summed E-state index contributed by atoms with van der Waals surface area (Å²) < 4.78 is 24.1. The predicted octanol–water partition coefficient (Wildman–Crippen LogP) is 1.51. The zero-order chi connectivity index (χ0) is 11.8. The van der Waals surface area contributed by atoms with E-state index in [1.807, 2.05) is 13.0 Å². The maximum atomic E-state index is 12.1. The Labute approximate surface area is 96.6 Å². The van der Waals surface area contributed by atoms with E-state index in [0.29, 0.717) is 4.90 Å². The van der Waals surface area contributed by atoms with Crippen LogP contribution in [0.1, 0.15) is 18.4 Å². The Balaban J connectivity index is 2.13. The number of hydrogen-bond donors (Lipinski definition) is 1. The summed E-state index contributed by atoms with van der Waals surface area (Å²) in [5.74, 6) is 0.491. The topological polar surface area (TPSA) is 60.2 Å². The fourth-order valence-electron chi connectivity index (χ4n) is 2.14. The number of rotatable bonds is 3. The second-order valence-corrected chi connectivity index (χ2v) is 6.73. The Morgan fingerprint density at radius 1 is 1.38 bits per heavy atom. The monoisotopic (exact) mass is 239 g/mol. The van der Waals surface area contributed by atoms with Crippen LogP contribution >= 0.6 is 0 Å². The second-order valence-electron chi connectivity index (χ2n) is 4.70. The summed E-state index contributed by atoms with van der Waals surface area (Å²) in [6.45, 7) is 1.90. The van der Waals surface area contributed by atoms with Gasteiger partial charge in [0.1, 0.15) is 0 Å². The van der Waals surface area contributed by atoms with Crippen LogP contribution in [0.4, 0.5) is 0 Å². The number of aryl methyl sites for hydroxylation is 1. The average molecular weight is 239 g/mol. The molecule has 0 unspecified atom stereocenters. The fourth-order valence-corrected chi connectivity index (χ4v) is 3.88. The third-order valence-corrected chi connectivity index (χ3v) is 4.96. The highest BCUT2D eigenvalue weighted by Gasteiger charge is 2.30. The van der Waals surface area contributed by atoms with E-state index in [4.69, 9.17) is 5.73 Å². The van der Waals surface area contributed by atoms with Crippen LogP contribution in [0.3, 0.4) is 0 Å². The van der Waals surface area contributed by atoms with E-state index in [0.717, 1.165) is 18.4 Å². The van der Waals surface area contributed by atoms with Crippen LogP contribution in [0, 0.1) is 12.8 Å². The summed E-state index contributed by atoms with van der Waals surface area (Å²) in [5, 5.41) is 0. The Bertz CT molecular complexity index is 476. The molecule has 2 rings (SSSR count). The van der Waals surface area contributed by atoms with Crippen molar-refractivity contribution in [3.63, 3.8) is 0 Å². The largest absolute Gasteiger partial charge is 0.328 e. The molecule has 1 fully saturated rings. The van der Waals surface area contributed by atoms with Crippen molar-refractivity contribution in [3.05, 3.63) is 29.8 Å². The number of hydrogen-bond acceptors (Lipinski definition) is 3. The van der Waals surface area contributed by atoms with Gasteiger partial charge in [-0.3, -0.25) is 0 Å². The van der Waals surface area contributed by atoms with Crippen LogP contribution in [0.2, 0.25) is 0 Å². The van der Waals surface area contributed by atoms with Crippen molar-refractivity contribution in [1.29, 1.82) is 0 Å². The molecule has 4 heteroatoms. The van der Waals surface area contributed by atoms with Gasteiger partial charge in [-0.25, -0.2) is 8.42 Å². The number of benzene rings is 1. The third kappa shape index (κ3) is 2.44. The van der Waals surface area contributed by atoms with E-state index < -0.39 is 9.84 Å². The van der Waals surface area contributed by atoms with E-state index in [1.165, 1.54) is 0 Å². The highest BCUT2D eigenvalue weighted by atomic mass is 32.2. The Hall–Kier alpha value is -0.870. The second kappa shape index (κ2) is 4.18. The fraction of sp³-hybridized carbons (Fsp3) is 0.500. The Morgan fingerprint density at radius 3 is 2.62 bits per heavy atom. The summed E-state index contributed by atoms with van der Waals surface area (Å²) in [6.07, 6.45) is 1.68. The number of sulfone groups is 1. The zero-order valence-electron chi connectivity index (χ0n) is 9.39. The molecule has 0 heterocycles. The smallest absolute Gasteiger partial charge is 0.178 e. The summed E-state index contributed by atoms with van der Waals surface area (Å²) >= 11 is 0. The summed E-state index contributed by atoms with van der Waals surface area (Å²) in [5.41, 5.74) is 6.63. The van der Waals surface area contributed by atoms with Crippen molar-refractivity contribution < 1.29 is 8.42 Å². The van der Waals surface area contributed by atoms with Gasteiger partial charge < -0.3 is 5.73 Å².